The van der Waals surface area contributed by atoms with Crippen LogP contribution < -0.4 is 5.32 Å². The van der Waals surface area contributed by atoms with Gasteiger partial charge in [0, 0.05) is 32.2 Å². The van der Waals surface area contributed by atoms with Gasteiger partial charge in [0.1, 0.15) is 0 Å². The van der Waals surface area contributed by atoms with E-state index in [1.165, 1.54) is 0 Å². The van der Waals surface area contributed by atoms with Crippen molar-refractivity contribution in [1.29, 1.82) is 0 Å². The van der Waals surface area contributed by atoms with Crippen LogP contribution in [0.4, 0.5) is 0 Å². The summed E-state index contributed by atoms with van der Waals surface area (Å²) in [6.45, 7) is 2.63. The summed E-state index contributed by atoms with van der Waals surface area (Å²) in [7, 11) is 1.82. The Hall–Kier alpha value is -2.89. The normalized spacial score (nSPS) is 12.1. The topological polar surface area (TPSA) is 64.7 Å². The van der Waals surface area contributed by atoms with E-state index in [9.17, 15) is 4.79 Å². The second-order valence-electron chi connectivity index (χ2n) is 5.83. The average Bonchev–Trinajstić information content (AvgIpc) is 3.21. The fourth-order valence-electron chi connectivity index (χ4n) is 2.76. The second-order valence-corrected chi connectivity index (χ2v) is 5.83. The number of benzene rings is 1. The number of hydrogen-bond donors (Lipinski definition) is 1. The van der Waals surface area contributed by atoms with Crippen LogP contribution in [0.2, 0.25) is 0 Å². The molecule has 0 saturated heterocycles. The Labute approximate surface area is 141 Å². The van der Waals surface area contributed by atoms with Crippen molar-refractivity contribution in [3.63, 3.8) is 0 Å². The van der Waals surface area contributed by atoms with Crippen molar-refractivity contribution in [2.24, 2.45) is 7.05 Å². The Morgan fingerprint density at radius 2 is 2.08 bits per heavy atom. The van der Waals surface area contributed by atoms with Gasteiger partial charge in [0.05, 0.1) is 23.6 Å². The highest BCUT2D eigenvalue weighted by Gasteiger charge is 2.18. The van der Waals surface area contributed by atoms with E-state index in [1.807, 2.05) is 55.1 Å². The summed E-state index contributed by atoms with van der Waals surface area (Å²) in [5, 5.41) is 7.38. The standard InChI is InChI=1S/C18H21N5O/c1-14-16(12-22(2)21-14)18(24)20-17(15-6-4-3-5-7-15)8-10-23-11-9-19-13-23/h3-7,9,11-13,17H,8,10H2,1-2H3,(H,20,24)/t17-/m0/s1. The lowest BCUT2D eigenvalue weighted by Gasteiger charge is -2.19. The molecule has 0 saturated carbocycles. The molecule has 0 bridgehead atoms. The van der Waals surface area contributed by atoms with Gasteiger partial charge in [0.25, 0.3) is 5.91 Å². The van der Waals surface area contributed by atoms with Crippen LogP contribution in [0.25, 0.3) is 0 Å². The lowest BCUT2D eigenvalue weighted by molar-refractivity contribution is 0.0933. The molecule has 2 heterocycles. The zero-order valence-corrected chi connectivity index (χ0v) is 13.9. The maximum Gasteiger partial charge on any atom is 0.255 e. The summed E-state index contributed by atoms with van der Waals surface area (Å²) in [5.74, 6) is -0.0971. The minimum Gasteiger partial charge on any atom is -0.345 e. The van der Waals surface area contributed by atoms with Gasteiger partial charge >= 0.3 is 0 Å². The largest absolute Gasteiger partial charge is 0.345 e. The Morgan fingerprint density at radius 1 is 1.29 bits per heavy atom. The molecule has 0 aliphatic carbocycles. The fraction of sp³-hybridized carbons (Fsp3) is 0.278. The molecule has 0 unspecified atom stereocenters. The molecule has 1 amide bonds. The van der Waals surface area contributed by atoms with E-state index in [0.29, 0.717) is 5.56 Å². The summed E-state index contributed by atoms with van der Waals surface area (Å²) in [4.78, 5) is 16.7. The first-order valence-corrected chi connectivity index (χ1v) is 7.95. The zero-order valence-electron chi connectivity index (χ0n) is 13.9. The van der Waals surface area contributed by atoms with Gasteiger partial charge < -0.3 is 9.88 Å². The van der Waals surface area contributed by atoms with Gasteiger partial charge in [-0.05, 0) is 18.9 Å². The highest BCUT2D eigenvalue weighted by atomic mass is 16.1. The average molecular weight is 323 g/mol. The maximum atomic E-state index is 12.6. The molecule has 3 rings (SSSR count). The van der Waals surface area contributed by atoms with Crippen LogP contribution in [0.15, 0.2) is 55.2 Å². The van der Waals surface area contributed by atoms with Gasteiger partial charge in [-0.3, -0.25) is 9.48 Å². The van der Waals surface area contributed by atoms with Crippen molar-refractivity contribution in [2.75, 3.05) is 0 Å². The van der Waals surface area contributed by atoms with Crippen molar-refractivity contribution in [2.45, 2.75) is 25.9 Å². The van der Waals surface area contributed by atoms with Gasteiger partial charge in [0.15, 0.2) is 0 Å². The Kier molecular flexibility index (Phi) is 4.74. The van der Waals surface area contributed by atoms with E-state index in [4.69, 9.17) is 0 Å². The van der Waals surface area contributed by atoms with Crippen molar-refractivity contribution < 1.29 is 4.79 Å². The van der Waals surface area contributed by atoms with Crippen LogP contribution >= 0.6 is 0 Å². The quantitative estimate of drug-likeness (QED) is 0.758. The summed E-state index contributed by atoms with van der Waals surface area (Å²) < 4.78 is 3.67. The van der Waals surface area contributed by atoms with Gasteiger partial charge in [-0.15, -0.1) is 0 Å². The van der Waals surface area contributed by atoms with Gasteiger partial charge in [0.2, 0.25) is 0 Å². The number of carbonyl (C=O) groups excluding carboxylic acids is 1. The van der Waals surface area contributed by atoms with E-state index < -0.39 is 0 Å². The van der Waals surface area contributed by atoms with Gasteiger partial charge in [-0.2, -0.15) is 5.10 Å². The van der Waals surface area contributed by atoms with E-state index >= 15 is 0 Å². The van der Waals surface area contributed by atoms with Crippen LogP contribution in [0.1, 0.15) is 34.1 Å². The van der Waals surface area contributed by atoms with Crippen molar-refractivity contribution in [3.05, 3.63) is 72.1 Å². The van der Waals surface area contributed by atoms with Crippen molar-refractivity contribution in [1.82, 2.24) is 24.6 Å². The minimum atomic E-state index is -0.0971. The van der Waals surface area contributed by atoms with Crippen LogP contribution in [0.3, 0.4) is 0 Å². The third-order valence-corrected chi connectivity index (χ3v) is 4.00. The molecule has 0 aliphatic heterocycles. The van der Waals surface area contributed by atoms with E-state index in [-0.39, 0.29) is 11.9 Å². The Balaban J connectivity index is 1.76. The molecule has 0 aliphatic rings. The van der Waals surface area contributed by atoms with E-state index in [2.05, 4.69) is 15.4 Å². The monoisotopic (exact) mass is 323 g/mol. The van der Waals surface area contributed by atoms with E-state index in [1.54, 1.807) is 23.4 Å². The van der Waals surface area contributed by atoms with Crippen LogP contribution in [-0.4, -0.2) is 25.2 Å². The number of aryl methyl sites for hydroxylation is 3. The van der Waals surface area contributed by atoms with Crippen LogP contribution in [0.5, 0.6) is 0 Å². The zero-order chi connectivity index (χ0) is 16.9. The van der Waals surface area contributed by atoms with Crippen molar-refractivity contribution >= 4 is 5.91 Å². The maximum absolute atomic E-state index is 12.6. The first-order chi connectivity index (χ1) is 11.6. The SMILES string of the molecule is Cc1nn(C)cc1C(=O)N[C@@H](CCn1ccnc1)c1ccccc1. The van der Waals surface area contributed by atoms with Crippen molar-refractivity contribution in [3.8, 4) is 0 Å². The molecule has 2 aromatic heterocycles. The van der Waals surface area contributed by atoms with E-state index in [0.717, 1.165) is 24.2 Å². The number of hydrogen-bond acceptors (Lipinski definition) is 3. The minimum absolute atomic E-state index is 0.0688. The number of aromatic nitrogens is 4. The third-order valence-electron chi connectivity index (χ3n) is 4.00. The predicted molar refractivity (Wildman–Crippen MR) is 91.4 cm³/mol. The number of imidazole rings is 1. The molecule has 3 aromatic rings. The van der Waals surface area contributed by atoms with Gasteiger partial charge in [-0.1, -0.05) is 30.3 Å². The molecule has 1 N–H and O–H groups in total. The number of amides is 1. The van der Waals surface area contributed by atoms with Crippen LogP contribution in [0, 0.1) is 6.92 Å². The van der Waals surface area contributed by atoms with Crippen LogP contribution in [-0.2, 0) is 13.6 Å². The molecule has 0 fully saturated rings. The molecule has 1 aromatic carbocycles. The summed E-state index contributed by atoms with van der Waals surface area (Å²) in [6.07, 6.45) is 8.01. The second kappa shape index (κ2) is 7.12. The lowest BCUT2D eigenvalue weighted by Crippen LogP contribution is -2.29. The highest BCUT2D eigenvalue weighted by molar-refractivity contribution is 5.95. The first-order valence-electron chi connectivity index (χ1n) is 7.95. The summed E-state index contributed by atoms with van der Waals surface area (Å²) >= 11 is 0. The molecule has 6 nitrogen and oxygen atoms in total. The number of nitrogens with zero attached hydrogens (tertiary/aromatic N) is 4. The Morgan fingerprint density at radius 3 is 2.71 bits per heavy atom. The summed E-state index contributed by atoms with van der Waals surface area (Å²) in [6, 6.07) is 9.95. The third kappa shape index (κ3) is 3.71. The first kappa shape index (κ1) is 16.0. The highest BCUT2D eigenvalue weighted by Crippen LogP contribution is 2.19. The molecule has 0 spiro atoms. The number of rotatable bonds is 6. The molecule has 6 heteroatoms. The molecule has 1 atom stereocenters. The predicted octanol–water partition coefficient (Wildman–Crippen LogP) is 2.49. The number of carbonyl (C=O) groups is 1. The lowest BCUT2D eigenvalue weighted by atomic mass is 10.0. The molecule has 124 valence electrons. The smallest absolute Gasteiger partial charge is 0.255 e. The Bertz CT molecular complexity index is 792. The molecular formula is C18H21N5O. The van der Waals surface area contributed by atoms with Gasteiger partial charge in [-0.25, -0.2) is 4.98 Å². The molecule has 0 radical (unpaired) electrons. The molecular weight excluding hydrogens is 302 g/mol. The summed E-state index contributed by atoms with van der Waals surface area (Å²) in [5.41, 5.74) is 2.44. The fourth-order valence-corrected chi connectivity index (χ4v) is 2.76. The molecule has 24 heavy (non-hydrogen) atoms. The number of nitrogens with one attached hydrogen (secondary N) is 1.